The van der Waals surface area contributed by atoms with E-state index in [-0.39, 0.29) is 0 Å². The molecular formula is C26H32O2S. The molecule has 3 heteroatoms. The first-order valence-corrected chi connectivity index (χ1v) is 11.9. The van der Waals surface area contributed by atoms with Crippen LogP contribution < -0.4 is 9.47 Å². The second-order valence-corrected chi connectivity index (χ2v) is 9.28. The monoisotopic (exact) mass is 408 g/mol. The van der Waals surface area contributed by atoms with E-state index < -0.39 is 0 Å². The number of ether oxygens (including phenoxy) is 2. The number of fused-ring (bicyclic) bond motifs is 1. The Morgan fingerprint density at radius 2 is 1.69 bits per heavy atom. The third-order valence-electron chi connectivity index (χ3n) is 6.16. The maximum absolute atomic E-state index is 6.08. The Hall–Kier alpha value is -2.00. The summed E-state index contributed by atoms with van der Waals surface area (Å²) in [5.41, 5.74) is 2.75. The minimum absolute atomic E-state index is 0.620. The average Bonchev–Trinajstić information content (AvgIpc) is 3.16. The molecule has 1 aliphatic carbocycles. The molecule has 1 fully saturated rings. The fraction of sp³-hybridized carbons (Fsp3) is 0.462. The maximum atomic E-state index is 6.08. The lowest BCUT2D eigenvalue weighted by Crippen LogP contribution is -2.13. The number of hydrogen-bond donors (Lipinski definition) is 0. The lowest BCUT2D eigenvalue weighted by atomic mass is 9.77. The van der Waals surface area contributed by atoms with Crippen molar-refractivity contribution in [3.05, 3.63) is 59.7 Å². The van der Waals surface area contributed by atoms with Crippen molar-refractivity contribution < 1.29 is 9.47 Å². The van der Waals surface area contributed by atoms with E-state index in [2.05, 4.69) is 49.4 Å². The predicted octanol–water partition coefficient (Wildman–Crippen LogP) is 7.95. The van der Waals surface area contributed by atoms with Crippen molar-refractivity contribution in [2.45, 2.75) is 64.9 Å². The van der Waals surface area contributed by atoms with Gasteiger partial charge in [-0.2, -0.15) is 0 Å². The molecule has 1 heterocycles. The molecule has 1 aliphatic rings. The van der Waals surface area contributed by atoms with Crippen LogP contribution in [0.5, 0.6) is 10.8 Å². The van der Waals surface area contributed by atoms with Crippen LogP contribution in [0, 0.1) is 5.92 Å². The summed E-state index contributed by atoms with van der Waals surface area (Å²) >= 11 is 1.68. The summed E-state index contributed by atoms with van der Waals surface area (Å²) in [6.45, 7) is 5.63. The van der Waals surface area contributed by atoms with Gasteiger partial charge in [0.15, 0.2) is 5.06 Å². The first-order valence-electron chi connectivity index (χ1n) is 11.1. The quantitative estimate of drug-likeness (QED) is 0.376. The molecule has 154 valence electrons. The molecule has 1 aromatic heterocycles. The minimum Gasteiger partial charge on any atom is -0.494 e. The maximum Gasteiger partial charge on any atom is 0.175 e. The summed E-state index contributed by atoms with van der Waals surface area (Å²) in [7, 11) is 0. The Balaban J connectivity index is 1.33. The Morgan fingerprint density at radius 3 is 2.41 bits per heavy atom. The lowest BCUT2D eigenvalue weighted by molar-refractivity contribution is 0.307. The van der Waals surface area contributed by atoms with Gasteiger partial charge in [0, 0.05) is 4.70 Å². The van der Waals surface area contributed by atoms with Crippen LogP contribution in [0.15, 0.2) is 48.5 Å². The SMILES string of the molecule is CCCC1CCC(c2ccc(COc3cc4ccc(OCC)cc4s3)cc2)CC1. The van der Waals surface area contributed by atoms with Crippen LogP contribution in [0.3, 0.4) is 0 Å². The van der Waals surface area contributed by atoms with E-state index in [1.165, 1.54) is 59.7 Å². The third-order valence-corrected chi connectivity index (χ3v) is 7.17. The van der Waals surface area contributed by atoms with Gasteiger partial charge in [-0.25, -0.2) is 0 Å². The van der Waals surface area contributed by atoms with E-state index in [4.69, 9.17) is 9.47 Å². The van der Waals surface area contributed by atoms with E-state index >= 15 is 0 Å². The van der Waals surface area contributed by atoms with Crippen molar-refractivity contribution in [3.63, 3.8) is 0 Å². The van der Waals surface area contributed by atoms with Crippen LogP contribution in [0.1, 0.15) is 69.4 Å². The number of benzene rings is 2. The van der Waals surface area contributed by atoms with Crippen LogP contribution in [-0.2, 0) is 6.61 Å². The van der Waals surface area contributed by atoms with E-state index in [1.807, 2.05) is 13.0 Å². The average molecular weight is 409 g/mol. The smallest absolute Gasteiger partial charge is 0.175 e. The van der Waals surface area contributed by atoms with Gasteiger partial charge in [0.25, 0.3) is 0 Å². The summed E-state index contributed by atoms with van der Waals surface area (Å²) in [5.74, 6) is 2.64. The second kappa shape index (κ2) is 9.67. The highest BCUT2D eigenvalue weighted by Crippen LogP contribution is 2.38. The van der Waals surface area contributed by atoms with Crippen molar-refractivity contribution in [2.24, 2.45) is 5.92 Å². The summed E-state index contributed by atoms with van der Waals surface area (Å²) in [6.07, 6.45) is 8.25. The predicted molar refractivity (Wildman–Crippen MR) is 123 cm³/mol. The van der Waals surface area contributed by atoms with Crippen molar-refractivity contribution >= 4 is 21.4 Å². The number of thiophene rings is 1. The lowest BCUT2D eigenvalue weighted by Gasteiger charge is -2.28. The zero-order valence-corrected chi connectivity index (χ0v) is 18.5. The molecular weight excluding hydrogens is 376 g/mol. The van der Waals surface area contributed by atoms with Gasteiger partial charge in [-0.05, 0) is 85.2 Å². The zero-order valence-electron chi connectivity index (χ0n) is 17.7. The molecule has 4 rings (SSSR count). The minimum atomic E-state index is 0.620. The van der Waals surface area contributed by atoms with Crippen molar-refractivity contribution in [1.82, 2.24) is 0 Å². The molecule has 0 aliphatic heterocycles. The molecule has 0 unspecified atom stereocenters. The van der Waals surface area contributed by atoms with E-state index in [9.17, 15) is 0 Å². The van der Waals surface area contributed by atoms with Gasteiger partial charge >= 0.3 is 0 Å². The third kappa shape index (κ3) is 5.14. The van der Waals surface area contributed by atoms with E-state index in [0.29, 0.717) is 13.2 Å². The van der Waals surface area contributed by atoms with Gasteiger partial charge in [-0.1, -0.05) is 55.4 Å². The molecule has 0 bridgehead atoms. The van der Waals surface area contributed by atoms with Gasteiger partial charge in [-0.15, -0.1) is 0 Å². The molecule has 0 radical (unpaired) electrons. The largest absolute Gasteiger partial charge is 0.494 e. The molecule has 1 saturated carbocycles. The molecule has 3 aromatic rings. The standard InChI is InChI=1S/C26H32O2S/c1-3-5-19-6-10-21(11-7-19)22-12-8-20(9-13-22)18-28-26-16-23-14-15-24(27-4-2)17-25(23)29-26/h8-9,12-17,19,21H,3-7,10-11,18H2,1-2H3. The second-order valence-electron chi connectivity index (χ2n) is 8.23. The molecule has 0 atom stereocenters. The number of rotatable bonds is 8. The van der Waals surface area contributed by atoms with Crippen LogP contribution in [0.25, 0.3) is 10.1 Å². The highest BCUT2D eigenvalue weighted by atomic mass is 32.1. The fourth-order valence-electron chi connectivity index (χ4n) is 4.55. The first-order chi connectivity index (χ1) is 14.2. The molecule has 0 N–H and O–H groups in total. The summed E-state index contributed by atoms with van der Waals surface area (Å²) in [4.78, 5) is 0. The fourth-order valence-corrected chi connectivity index (χ4v) is 5.49. The molecule has 0 saturated heterocycles. The first kappa shape index (κ1) is 20.3. The number of hydrogen-bond acceptors (Lipinski definition) is 3. The van der Waals surface area contributed by atoms with Crippen molar-refractivity contribution in [2.75, 3.05) is 6.61 Å². The van der Waals surface area contributed by atoms with Crippen LogP contribution in [-0.4, -0.2) is 6.61 Å². The van der Waals surface area contributed by atoms with Gasteiger partial charge in [0.2, 0.25) is 0 Å². The van der Waals surface area contributed by atoms with Gasteiger partial charge in [-0.3, -0.25) is 0 Å². The van der Waals surface area contributed by atoms with Crippen LogP contribution >= 0.6 is 11.3 Å². The molecule has 0 spiro atoms. The summed E-state index contributed by atoms with van der Waals surface area (Å²) in [6, 6.07) is 17.5. The van der Waals surface area contributed by atoms with E-state index in [0.717, 1.165) is 22.6 Å². The Morgan fingerprint density at radius 1 is 0.897 bits per heavy atom. The van der Waals surface area contributed by atoms with Gasteiger partial charge in [0.1, 0.15) is 12.4 Å². The van der Waals surface area contributed by atoms with Crippen molar-refractivity contribution in [3.8, 4) is 10.8 Å². The van der Waals surface area contributed by atoms with Gasteiger partial charge in [0.05, 0.1) is 6.61 Å². The topological polar surface area (TPSA) is 18.5 Å². The highest BCUT2D eigenvalue weighted by Gasteiger charge is 2.21. The molecule has 0 amide bonds. The van der Waals surface area contributed by atoms with Crippen LogP contribution in [0.2, 0.25) is 0 Å². The molecule has 29 heavy (non-hydrogen) atoms. The van der Waals surface area contributed by atoms with Crippen molar-refractivity contribution in [1.29, 1.82) is 0 Å². The highest BCUT2D eigenvalue weighted by molar-refractivity contribution is 7.20. The molecule has 2 aromatic carbocycles. The Kier molecular flexibility index (Phi) is 6.76. The summed E-state index contributed by atoms with van der Waals surface area (Å²) in [5, 5.41) is 2.18. The van der Waals surface area contributed by atoms with Gasteiger partial charge < -0.3 is 9.47 Å². The Bertz CT molecular complexity index is 904. The summed E-state index contributed by atoms with van der Waals surface area (Å²) < 4.78 is 12.9. The van der Waals surface area contributed by atoms with Crippen LogP contribution in [0.4, 0.5) is 0 Å². The zero-order chi connectivity index (χ0) is 20.1. The molecule has 2 nitrogen and oxygen atoms in total. The normalized spacial score (nSPS) is 19.4. The Labute approximate surface area is 178 Å². The van der Waals surface area contributed by atoms with E-state index in [1.54, 1.807) is 11.3 Å².